The lowest BCUT2D eigenvalue weighted by atomic mass is 10.1. The fourth-order valence-corrected chi connectivity index (χ4v) is 2.41. The van der Waals surface area contributed by atoms with Crippen molar-refractivity contribution in [2.24, 2.45) is 5.92 Å². The summed E-state index contributed by atoms with van der Waals surface area (Å²) in [7, 11) is 4.04. The zero-order chi connectivity index (χ0) is 13.3. The summed E-state index contributed by atoms with van der Waals surface area (Å²) in [6.07, 6.45) is 0. The fraction of sp³-hybridized carbons (Fsp3) is 0.583. The Balaban J connectivity index is 2.12. The predicted molar refractivity (Wildman–Crippen MR) is 67.4 cm³/mol. The van der Waals surface area contributed by atoms with Crippen LogP contribution in [0.4, 0.5) is 0 Å². The monoisotopic (exact) mass is 250 g/mol. The van der Waals surface area contributed by atoms with Crippen molar-refractivity contribution in [3.63, 3.8) is 0 Å². The molecule has 1 amide bonds. The van der Waals surface area contributed by atoms with E-state index in [9.17, 15) is 9.59 Å². The van der Waals surface area contributed by atoms with E-state index in [0.29, 0.717) is 24.2 Å². The molecule has 0 radical (unpaired) electrons. The highest BCUT2D eigenvalue weighted by Crippen LogP contribution is 2.21. The molecule has 2 atom stereocenters. The summed E-state index contributed by atoms with van der Waals surface area (Å²) in [4.78, 5) is 27.0. The first-order valence-corrected chi connectivity index (χ1v) is 6.00. The zero-order valence-electron chi connectivity index (χ0n) is 10.9. The predicted octanol–water partition coefficient (Wildman–Crippen LogP) is -0.208. The first-order chi connectivity index (χ1) is 8.49. The van der Waals surface area contributed by atoms with Crippen molar-refractivity contribution >= 4 is 5.91 Å². The minimum atomic E-state index is -0.299. The highest BCUT2D eigenvalue weighted by Gasteiger charge is 2.34. The molecule has 1 saturated heterocycles. The van der Waals surface area contributed by atoms with E-state index in [1.165, 1.54) is 12.1 Å². The molecule has 0 aromatic carbocycles. The molecule has 6 nitrogen and oxygen atoms in total. The van der Waals surface area contributed by atoms with E-state index >= 15 is 0 Å². The molecule has 98 valence electrons. The van der Waals surface area contributed by atoms with E-state index in [1.807, 2.05) is 14.1 Å². The number of aromatic nitrogens is 2. The summed E-state index contributed by atoms with van der Waals surface area (Å²) < 4.78 is 0. The van der Waals surface area contributed by atoms with Crippen LogP contribution in [0.2, 0.25) is 0 Å². The van der Waals surface area contributed by atoms with Gasteiger partial charge < -0.3 is 9.80 Å². The molecule has 2 heterocycles. The maximum atomic E-state index is 12.2. The SMILES string of the molecule is CC1CN(C(=O)c2ccc(=O)[nH]n2)CC1N(C)C. The Kier molecular flexibility index (Phi) is 3.47. The number of carbonyl (C=O) groups excluding carboxylic acids is 1. The molecule has 2 rings (SSSR count). The molecule has 1 aromatic rings. The Morgan fingerprint density at radius 3 is 2.67 bits per heavy atom. The van der Waals surface area contributed by atoms with Crippen molar-refractivity contribution in [3.05, 3.63) is 28.2 Å². The van der Waals surface area contributed by atoms with Crippen molar-refractivity contribution in [3.8, 4) is 0 Å². The maximum Gasteiger partial charge on any atom is 0.274 e. The van der Waals surface area contributed by atoms with Gasteiger partial charge in [-0.1, -0.05) is 6.92 Å². The van der Waals surface area contributed by atoms with Crippen LogP contribution >= 0.6 is 0 Å². The first-order valence-electron chi connectivity index (χ1n) is 6.00. The van der Waals surface area contributed by atoms with E-state index in [1.54, 1.807) is 4.90 Å². The van der Waals surface area contributed by atoms with E-state index < -0.39 is 0 Å². The quantitative estimate of drug-likeness (QED) is 0.788. The van der Waals surface area contributed by atoms with Crippen LogP contribution < -0.4 is 5.56 Å². The third kappa shape index (κ3) is 2.43. The van der Waals surface area contributed by atoms with Gasteiger partial charge >= 0.3 is 0 Å². The smallest absolute Gasteiger partial charge is 0.274 e. The highest BCUT2D eigenvalue weighted by atomic mass is 16.2. The summed E-state index contributed by atoms with van der Waals surface area (Å²) in [6, 6.07) is 3.16. The molecular formula is C12H18N4O2. The summed E-state index contributed by atoms with van der Waals surface area (Å²) >= 11 is 0. The summed E-state index contributed by atoms with van der Waals surface area (Å²) in [5.41, 5.74) is -0.00582. The van der Waals surface area contributed by atoms with Gasteiger partial charge in [0.05, 0.1) is 0 Å². The van der Waals surface area contributed by atoms with Crippen molar-refractivity contribution in [1.82, 2.24) is 20.0 Å². The molecule has 0 saturated carbocycles. The second-order valence-electron chi connectivity index (χ2n) is 5.02. The molecular weight excluding hydrogens is 232 g/mol. The highest BCUT2D eigenvalue weighted by molar-refractivity contribution is 5.92. The molecule has 1 aliphatic rings. The zero-order valence-corrected chi connectivity index (χ0v) is 10.9. The van der Waals surface area contributed by atoms with Gasteiger partial charge in [0.15, 0.2) is 0 Å². The van der Waals surface area contributed by atoms with E-state index in [-0.39, 0.29) is 11.5 Å². The Morgan fingerprint density at radius 1 is 1.44 bits per heavy atom. The first kappa shape index (κ1) is 12.8. The fourth-order valence-electron chi connectivity index (χ4n) is 2.41. The number of nitrogens with one attached hydrogen (secondary N) is 1. The minimum Gasteiger partial charge on any atom is -0.335 e. The van der Waals surface area contributed by atoms with Crippen LogP contribution in [-0.2, 0) is 0 Å². The molecule has 18 heavy (non-hydrogen) atoms. The number of hydrogen-bond acceptors (Lipinski definition) is 4. The van der Waals surface area contributed by atoms with Gasteiger partial charge in [0.25, 0.3) is 11.5 Å². The average molecular weight is 250 g/mol. The Bertz CT molecular complexity index is 477. The van der Waals surface area contributed by atoms with Gasteiger partial charge in [-0.3, -0.25) is 9.59 Å². The second kappa shape index (κ2) is 4.89. The number of rotatable bonds is 2. The van der Waals surface area contributed by atoms with Gasteiger partial charge in [-0.15, -0.1) is 0 Å². The van der Waals surface area contributed by atoms with E-state index in [0.717, 1.165) is 6.54 Å². The number of carbonyl (C=O) groups is 1. The third-order valence-corrected chi connectivity index (χ3v) is 3.42. The number of H-pyrrole nitrogens is 1. The van der Waals surface area contributed by atoms with Crippen LogP contribution in [0.1, 0.15) is 17.4 Å². The molecule has 0 spiro atoms. The van der Waals surface area contributed by atoms with Crippen LogP contribution in [-0.4, -0.2) is 59.1 Å². The number of aromatic amines is 1. The van der Waals surface area contributed by atoms with Gasteiger partial charge in [-0.2, -0.15) is 5.10 Å². The number of amides is 1. The molecule has 6 heteroatoms. The summed E-state index contributed by atoms with van der Waals surface area (Å²) in [5.74, 6) is 0.314. The summed E-state index contributed by atoms with van der Waals surface area (Å²) in [6.45, 7) is 3.56. The van der Waals surface area contributed by atoms with Gasteiger partial charge in [-0.25, -0.2) is 5.10 Å². The van der Waals surface area contributed by atoms with Gasteiger partial charge in [0.2, 0.25) is 0 Å². The third-order valence-electron chi connectivity index (χ3n) is 3.42. The van der Waals surface area contributed by atoms with E-state index in [2.05, 4.69) is 22.0 Å². The lowest BCUT2D eigenvalue weighted by molar-refractivity contribution is 0.0774. The lowest BCUT2D eigenvalue weighted by Gasteiger charge is -2.22. The second-order valence-corrected chi connectivity index (χ2v) is 5.02. The van der Waals surface area contributed by atoms with Crippen LogP contribution in [0.15, 0.2) is 16.9 Å². The van der Waals surface area contributed by atoms with Crippen molar-refractivity contribution in [2.75, 3.05) is 27.2 Å². The van der Waals surface area contributed by atoms with Crippen LogP contribution in [0.3, 0.4) is 0 Å². The molecule has 1 N–H and O–H groups in total. The molecule has 0 aliphatic carbocycles. The van der Waals surface area contributed by atoms with Crippen LogP contribution in [0, 0.1) is 5.92 Å². The molecule has 2 unspecified atom stereocenters. The number of nitrogens with zero attached hydrogens (tertiary/aromatic N) is 3. The van der Waals surface area contributed by atoms with Crippen molar-refractivity contribution < 1.29 is 4.79 Å². The van der Waals surface area contributed by atoms with Gasteiger partial charge in [-0.05, 0) is 26.1 Å². The van der Waals surface area contributed by atoms with Gasteiger partial charge in [0.1, 0.15) is 5.69 Å². The number of likely N-dealkylation sites (tertiary alicyclic amines) is 1. The minimum absolute atomic E-state index is 0.123. The Hall–Kier alpha value is -1.69. The van der Waals surface area contributed by atoms with Gasteiger partial charge in [0, 0.05) is 25.2 Å². The lowest BCUT2D eigenvalue weighted by Crippen LogP contribution is -2.36. The maximum absolute atomic E-state index is 12.2. The Labute approximate surface area is 106 Å². The normalized spacial score (nSPS) is 23.7. The molecule has 1 aliphatic heterocycles. The topological polar surface area (TPSA) is 69.3 Å². The summed E-state index contributed by atoms with van der Waals surface area (Å²) in [5, 5.41) is 6.06. The van der Waals surface area contributed by atoms with Crippen LogP contribution in [0.25, 0.3) is 0 Å². The average Bonchev–Trinajstić information content (AvgIpc) is 2.71. The van der Waals surface area contributed by atoms with E-state index in [4.69, 9.17) is 0 Å². The van der Waals surface area contributed by atoms with Crippen molar-refractivity contribution in [1.29, 1.82) is 0 Å². The standard InChI is InChI=1S/C12H18N4O2/c1-8-6-16(7-10(8)15(2)3)12(18)9-4-5-11(17)14-13-9/h4-5,8,10H,6-7H2,1-3H3,(H,14,17). The largest absolute Gasteiger partial charge is 0.335 e. The molecule has 1 fully saturated rings. The van der Waals surface area contributed by atoms with Crippen molar-refractivity contribution in [2.45, 2.75) is 13.0 Å². The Morgan fingerprint density at radius 2 is 2.17 bits per heavy atom. The number of hydrogen-bond donors (Lipinski definition) is 1. The molecule has 1 aromatic heterocycles. The van der Waals surface area contributed by atoms with Crippen LogP contribution in [0.5, 0.6) is 0 Å². The number of likely N-dealkylation sites (N-methyl/N-ethyl adjacent to an activating group) is 1. The molecule has 0 bridgehead atoms.